The van der Waals surface area contributed by atoms with E-state index in [4.69, 9.17) is 4.74 Å². The second-order valence-electron chi connectivity index (χ2n) is 6.80. The van der Waals surface area contributed by atoms with Crippen molar-refractivity contribution in [3.8, 4) is 0 Å². The molecular formula is C18H28N2O3. The zero-order valence-electron chi connectivity index (χ0n) is 14.1. The number of rotatable bonds is 7. The molecule has 128 valence electrons. The molecule has 1 aliphatic heterocycles. The highest BCUT2D eigenvalue weighted by atomic mass is 16.5. The van der Waals surface area contributed by atoms with Crippen molar-refractivity contribution < 1.29 is 14.6 Å². The van der Waals surface area contributed by atoms with Crippen molar-refractivity contribution in [3.63, 3.8) is 0 Å². The third-order valence-electron chi connectivity index (χ3n) is 4.53. The van der Waals surface area contributed by atoms with Crippen LogP contribution in [0.5, 0.6) is 0 Å². The fraction of sp³-hybridized carbons (Fsp3) is 0.611. The number of hydrogen-bond acceptors (Lipinski definition) is 4. The Balaban J connectivity index is 1.94. The first-order valence-electron chi connectivity index (χ1n) is 8.25. The molecule has 1 aromatic carbocycles. The second kappa shape index (κ2) is 8.43. The predicted octanol–water partition coefficient (Wildman–Crippen LogP) is 1.24. The highest BCUT2D eigenvalue weighted by Crippen LogP contribution is 2.34. The molecule has 2 N–H and O–H groups in total. The van der Waals surface area contributed by atoms with Gasteiger partial charge in [-0.05, 0) is 11.0 Å². The van der Waals surface area contributed by atoms with Gasteiger partial charge in [0.2, 0.25) is 5.91 Å². The van der Waals surface area contributed by atoms with Crippen LogP contribution >= 0.6 is 0 Å². The minimum absolute atomic E-state index is 0.0292. The molecule has 0 spiro atoms. The summed E-state index contributed by atoms with van der Waals surface area (Å²) >= 11 is 0. The number of aliphatic hydroxyl groups is 1. The van der Waals surface area contributed by atoms with Crippen molar-refractivity contribution in [1.29, 1.82) is 0 Å². The third-order valence-corrected chi connectivity index (χ3v) is 4.53. The standard InChI is InChI=1S/C18H28N2O3/c1-18(2,14-21)16(15-6-4-3-5-7-15)12-19-17(22)13-20-8-10-23-11-9-20/h3-7,16,21H,8-14H2,1-2H3,(H,19,22). The molecule has 23 heavy (non-hydrogen) atoms. The third kappa shape index (κ3) is 5.30. The number of amides is 1. The maximum absolute atomic E-state index is 12.2. The lowest BCUT2D eigenvalue weighted by Gasteiger charge is -2.33. The van der Waals surface area contributed by atoms with E-state index in [1.54, 1.807) is 0 Å². The Hall–Kier alpha value is -1.43. The van der Waals surface area contributed by atoms with Gasteiger partial charge < -0.3 is 15.2 Å². The first-order valence-corrected chi connectivity index (χ1v) is 8.25. The summed E-state index contributed by atoms with van der Waals surface area (Å²) in [6.07, 6.45) is 0. The molecule has 0 aliphatic carbocycles. The fourth-order valence-electron chi connectivity index (χ4n) is 2.88. The molecule has 5 heteroatoms. The van der Waals surface area contributed by atoms with Gasteiger partial charge in [-0.15, -0.1) is 0 Å². The Morgan fingerprint density at radius 2 is 1.96 bits per heavy atom. The Morgan fingerprint density at radius 1 is 1.30 bits per heavy atom. The van der Waals surface area contributed by atoms with Crippen LogP contribution in [0.4, 0.5) is 0 Å². The van der Waals surface area contributed by atoms with Gasteiger partial charge >= 0.3 is 0 Å². The molecule has 1 aliphatic rings. The van der Waals surface area contributed by atoms with Gasteiger partial charge in [0.1, 0.15) is 0 Å². The lowest BCUT2D eigenvalue weighted by Crippen LogP contribution is -2.45. The smallest absolute Gasteiger partial charge is 0.234 e. The summed E-state index contributed by atoms with van der Waals surface area (Å²) in [5, 5.41) is 12.8. The summed E-state index contributed by atoms with van der Waals surface area (Å²) in [5.74, 6) is 0.101. The lowest BCUT2D eigenvalue weighted by atomic mass is 9.75. The summed E-state index contributed by atoms with van der Waals surface area (Å²) in [7, 11) is 0. The summed E-state index contributed by atoms with van der Waals surface area (Å²) < 4.78 is 5.30. The molecule has 5 nitrogen and oxygen atoms in total. The maximum atomic E-state index is 12.2. The van der Waals surface area contributed by atoms with E-state index >= 15 is 0 Å². The second-order valence-corrected chi connectivity index (χ2v) is 6.80. The number of ether oxygens (including phenoxy) is 1. The minimum atomic E-state index is -0.298. The fourth-order valence-corrected chi connectivity index (χ4v) is 2.88. The molecule has 1 amide bonds. The maximum Gasteiger partial charge on any atom is 0.234 e. The van der Waals surface area contributed by atoms with Crippen LogP contribution in [-0.2, 0) is 9.53 Å². The largest absolute Gasteiger partial charge is 0.396 e. The van der Waals surface area contributed by atoms with Crippen LogP contribution in [0, 0.1) is 5.41 Å². The number of nitrogens with one attached hydrogen (secondary N) is 1. The molecule has 1 saturated heterocycles. The van der Waals surface area contributed by atoms with E-state index in [1.165, 1.54) is 0 Å². The Labute approximate surface area is 138 Å². The van der Waals surface area contributed by atoms with Crippen molar-refractivity contribution in [2.24, 2.45) is 5.41 Å². The average Bonchev–Trinajstić information content (AvgIpc) is 2.56. The molecule has 0 bridgehead atoms. The number of carbonyl (C=O) groups is 1. The normalized spacial score (nSPS) is 17.7. The van der Waals surface area contributed by atoms with Gasteiger partial charge in [0, 0.05) is 32.2 Å². The first-order chi connectivity index (χ1) is 11.0. The predicted molar refractivity (Wildman–Crippen MR) is 90.3 cm³/mol. The van der Waals surface area contributed by atoms with Gasteiger partial charge in [0.15, 0.2) is 0 Å². The lowest BCUT2D eigenvalue weighted by molar-refractivity contribution is -0.123. The van der Waals surface area contributed by atoms with Crippen molar-refractivity contribution in [3.05, 3.63) is 35.9 Å². The van der Waals surface area contributed by atoms with Gasteiger partial charge in [-0.25, -0.2) is 0 Å². The van der Waals surface area contributed by atoms with E-state index in [-0.39, 0.29) is 23.8 Å². The Bertz CT molecular complexity index is 484. The zero-order valence-corrected chi connectivity index (χ0v) is 14.1. The monoisotopic (exact) mass is 320 g/mol. The Kier molecular flexibility index (Phi) is 6.57. The van der Waals surface area contributed by atoms with Gasteiger partial charge in [0.25, 0.3) is 0 Å². The van der Waals surface area contributed by atoms with Crippen LogP contribution < -0.4 is 5.32 Å². The quantitative estimate of drug-likeness (QED) is 0.793. The highest BCUT2D eigenvalue weighted by molar-refractivity contribution is 5.78. The summed E-state index contributed by atoms with van der Waals surface area (Å²) in [6, 6.07) is 10.1. The summed E-state index contributed by atoms with van der Waals surface area (Å²) in [4.78, 5) is 14.3. The van der Waals surface area contributed by atoms with E-state index < -0.39 is 0 Å². The molecule has 0 aromatic heterocycles. The topological polar surface area (TPSA) is 61.8 Å². The van der Waals surface area contributed by atoms with Crippen LogP contribution in [-0.4, -0.2) is 61.9 Å². The van der Waals surface area contributed by atoms with Gasteiger partial charge in [-0.3, -0.25) is 9.69 Å². The van der Waals surface area contributed by atoms with Gasteiger partial charge in [-0.1, -0.05) is 44.2 Å². The van der Waals surface area contributed by atoms with E-state index in [2.05, 4.69) is 22.3 Å². The molecule has 1 fully saturated rings. The van der Waals surface area contributed by atoms with Crippen LogP contribution in [0.3, 0.4) is 0 Å². The van der Waals surface area contributed by atoms with E-state index in [9.17, 15) is 9.90 Å². The molecular weight excluding hydrogens is 292 g/mol. The molecule has 1 unspecified atom stereocenters. The van der Waals surface area contributed by atoms with Gasteiger partial charge in [-0.2, -0.15) is 0 Å². The SMILES string of the molecule is CC(C)(CO)C(CNC(=O)CN1CCOCC1)c1ccccc1. The molecule has 1 heterocycles. The van der Waals surface area contributed by atoms with Gasteiger partial charge in [0.05, 0.1) is 19.8 Å². The average molecular weight is 320 g/mol. The first kappa shape index (κ1) is 17.9. The number of nitrogens with zero attached hydrogens (tertiary/aromatic N) is 1. The number of benzene rings is 1. The molecule has 1 atom stereocenters. The number of hydrogen-bond donors (Lipinski definition) is 2. The van der Waals surface area contributed by atoms with Crippen molar-refractivity contribution in [2.75, 3.05) is 46.0 Å². The van der Waals surface area contributed by atoms with Crippen molar-refractivity contribution >= 4 is 5.91 Å². The molecule has 2 rings (SSSR count). The van der Waals surface area contributed by atoms with Crippen molar-refractivity contribution in [1.82, 2.24) is 10.2 Å². The van der Waals surface area contributed by atoms with E-state index in [0.717, 1.165) is 18.7 Å². The zero-order chi connectivity index (χ0) is 16.7. The molecule has 0 saturated carbocycles. The van der Waals surface area contributed by atoms with Crippen molar-refractivity contribution in [2.45, 2.75) is 19.8 Å². The van der Waals surface area contributed by atoms with Crippen LogP contribution in [0.1, 0.15) is 25.3 Å². The summed E-state index contributed by atoms with van der Waals surface area (Å²) in [5.41, 5.74) is 0.839. The van der Waals surface area contributed by atoms with Crippen LogP contribution in [0.15, 0.2) is 30.3 Å². The molecule has 1 aromatic rings. The number of aliphatic hydroxyl groups excluding tert-OH is 1. The van der Waals surface area contributed by atoms with Crippen LogP contribution in [0.25, 0.3) is 0 Å². The van der Waals surface area contributed by atoms with Crippen LogP contribution in [0.2, 0.25) is 0 Å². The summed E-state index contributed by atoms with van der Waals surface area (Å²) in [6.45, 7) is 8.05. The molecule has 0 radical (unpaired) electrons. The Morgan fingerprint density at radius 3 is 2.57 bits per heavy atom. The van der Waals surface area contributed by atoms with E-state index in [1.807, 2.05) is 32.0 Å². The number of morpholine rings is 1. The highest BCUT2D eigenvalue weighted by Gasteiger charge is 2.30. The number of carbonyl (C=O) groups excluding carboxylic acids is 1. The van der Waals surface area contributed by atoms with E-state index in [0.29, 0.717) is 26.3 Å². The minimum Gasteiger partial charge on any atom is -0.396 e.